The van der Waals surface area contributed by atoms with E-state index in [4.69, 9.17) is 10.2 Å². The van der Waals surface area contributed by atoms with Gasteiger partial charge in [-0.3, -0.25) is 0 Å². The number of hydrogen-bond donors (Lipinski definition) is 2. The fourth-order valence-corrected chi connectivity index (χ4v) is 2.99. The number of rotatable bonds is 17. The number of hydrogen-bond acceptors (Lipinski definition) is 2. The van der Waals surface area contributed by atoms with Crippen LogP contribution in [0, 0.1) is 0 Å². The molecule has 1 atom stereocenters. The van der Waals surface area contributed by atoms with Crippen LogP contribution in [0.15, 0.2) is 0 Å². The van der Waals surface area contributed by atoms with Crippen molar-refractivity contribution in [3.63, 3.8) is 0 Å². The van der Waals surface area contributed by atoms with Crippen LogP contribution in [0.25, 0.3) is 0 Å². The van der Waals surface area contributed by atoms with Gasteiger partial charge in [-0.25, -0.2) is 0 Å². The van der Waals surface area contributed by atoms with Gasteiger partial charge in [0, 0.05) is 6.61 Å². The van der Waals surface area contributed by atoms with Crippen LogP contribution in [0.1, 0.15) is 130 Å². The molecule has 0 bridgehead atoms. The summed E-state index contributed by atoms with van der Waals surface area (Å²) in [5.41, 5.74) is 0. The summed E-state index contributed by atoms with van der Waals surface area (Å²) >= 11 is 0. The monoisotopic (exact) mass is 344 g/mol. The fraction of sp³-hybridized carbons (Fsp3) is 1.00. The van der Waals surface area contributed by atoms with Gasteiger partial charge in [0.2, 0.25) is 0 Å². The maximum absolute atomic E-state index is 9.17. The Bertz CT molecular complexity index is 192. The number of unbranched alkanes of at least 4 members (excludes halogenated alkanes) is 15. The molecule has 2 N–H and O–H groups in total. The predicted octanol–water partition coefficient (Wildman–Crippen LogP) is 7.02. The van der Waals surface area contributed by atoms with E-state index in [1.807, 2.05) is 6.92 Å². The fourth-order valence-electron chi connectivity index (χ4n) is 2.99. The summed E-state index contributed by atoms with van der Waals surface area (Å²) in [6, 6.07) is 0. The first-order chi connectivity index (χ1) is 11.7. The third kappa shape index (κ3) is 29.9. The molecule has 1 unspecified atom stereocenters. The molecule has 2 nitrogen and oxygen atoms in total. The van der Waals surface area contributed by atoms with Crippen molar-refractivity contribution in [3.05, 3.63) is 0 Å². The second-order valence-corrected chi connectivity index (χ2v) is 7.26. The zero-order valence-corrected chi connectivity index (χ0v) is 17.2. The maximum atomic E-state index is 9.17. The molecule has 0 saturated carbocycles. The van der Waals surface area contributed by atoms with E-state index in [0.717, 1.165) is 6.42 Å². The van der Waals surface area contributed by atoms with Gasteiger partial charge in [0.15, 0.2) is 0 Å². The minimum atomic E-state index is -0.100. The molecule has 0 heterocycles. The quantitative estimate of drug-likeness (QED) is 0.278. The van der Waals surface area contributed by atoms with Crippen molar-refractivity contribution in [2.24, 2.45) is 0 Å². The number of aliphatic hydroxyl groups is 2. The molecular formula is C22H48O2. The average Bonchev–Trinajstić information content (AvgIpc) is 2.55. The molecule has 0 aromatic carbocycles. The van der Waals surface area contributed by atoms with Crippen LogP contribution in [0.3, 0.4) is 0 Å². The normalized spacial score (nSPS) is 11.9. The summed E-state index contributed by atoms with van der Waals surface area (Å²) in [4.78, 5) is 0. The summed E-state index contributed by atoms with van der Waals surface area (Å²) in [5.74, 6) is 0. The van der Waals surface area contributed by atoms with Gasteiger partial charge in [-0.05, 0) is 20.3 Å². The highest BCUT2D eigenvalue weighted by atomic mass is 16.3. The van der Waals surface area contributed by atoms with E-state index in [1.165, 1.54) is 103 Å². The standard InChI is InChI=1S/C20H42O.C2H6O/c1-3-4-5-6-7-8-9-10-11-12-13-14-15-16-17-18-19-20(2)21;1-2-3/h20-21H,3-19H2,1-2H3;3H,2H2,1H3. The van der Waals surface area contributed by atoms with E-state index in [1.54, 1.807) is 6.92 Å². The molecule has 0 fully saturated rings. The largest absolute Gasteiger partial charge is 0.397 e. The molecule has 0 aliphatic carbocycles. The second-order valence-electron chi connectivity index (χ2n) is 7.26. The molecule has 0 aliphatic heterocycles. The van der Waals surface area contributed by atoms with Crippen molar-refractivity contribution in [3.8, 4) is 0 Å². The zero-order valence-electron chi connectivity index (χ0n) is 17.2. The molecule has 0 amide bonds. The van der Waals surface area contributed by atoms with E-state index in [2.05, 4.69) is 6.92 Å². The second kappa shape index (κ2) is 25.2. The zero-order chi connectivity index (χ0) is 18.3. The van der Waals surface area contributed by atoms with Crippen molar-refractivity contribution in [2.45, 2.75) is 136 Å². The Balaban J connectivity index is 0. The van der Waals surface area contributed by atoms with Gasteiger partial charge in [-0.1, -0.05) is 110 Å². The highest BCUT2D eigenvalue weighted by molar-refractivity contribution is 4.51. The Kier molecular flexibility index (Phi) is 27.4. The Morgan fingerprint density at radius 1 is 0.542 bits per heavy atom. The van der Waals surface area contributed by atoms with Gasteiger partial charge in [-0.15, -0.1) is 0 Å². The van der Waals surface area contributed by atoms with Crippen LogP contribution >= 0.6 is 0 Å². The molecule has 2 heteroatoms. The van der Waals surface area contributed by atoms with E-state index in [-0.39, 0.29) is 12.7 Å². The molecule has 0 rings (SSSR count). The Morgan fingerprint density at radius 2 is 0.792 bits per heavy atom. The van der Waals surface area contributed by atoms with Crippen LogP contribution in [0.4, 0.5) is 0 Å². The lowest BCUT2D eigenvalue weighted by Crippen LogP contribution is -1.98. The molecule has 0 spiro atoms. The van der Waals surface area contributed by atoms with Gasteiger partial charge < -0.3 is 10.2 Å². The predicted molar refractivity (Wildman–Crippen MR) is 109 cm³/mol. The number of aliphatic hydroxyl groups excluding tert-OH is 2. The first-order valence-electron chi connectivity index (χ1n) is 11.0. The molecule has 0 aliphatic rings. The van der Waals surface area contributed by atoms with Crippen molar-refractivity contribution in [1.82, 2.24) is 0 Å². The van der Waals surface area contributed by atoms with Gasteiger partial charge in [0.05, 0.1) is 6.10 Å². The van der Waals surface area contributed by atoms with Gasteiger partial charge in [-0.2, -0.15) is 0 Å². The van der Waals surface area contributed by atoms with E-state index < -0.39 is 0 Å². The molecule has 0 aromatic rings. The smallest absolute Gasteiger partial charge is 0.0512 e. The van der Waals surface area contributed by atoms with Crippen LogP contribution < -0.4 is 0 Å². The molecule has 0 aromatic heterocycles. The van der Waals surface area contributed by atoms with Gasteiger partial charge in [0.25, 0.3) is 0 Å². The summed E-state index contributed by atoms with van der Waals surface area (Å²) < 4.78 is 0. The third-order valence-corrected chi connectivity index (χ3v) is 4.48. The van der Waals surface area contributed by atoms with Gasteiger partial charge in [0.1, 0.15) is 0 Å². The van der Waals surface area contributed by atoms with Crippen molar-refractivity contribution >= 4 is 0 Å². The lowest BCUT2D eigenvalue weighted by molar-refractivity contribution is 0.180. The van der Waals surface area contributed by atoms with Crippen LogP contribution in [0.5, 0.6) is 0 Å². The van der Waals surface area contributed by atoms with Crippen LogP contribution in [-0.4, -0.2) is 22.9 Å². The van der Waals surface area contributed by atoms with E-state index in [9.17, 15) is 0 Å². The summed E-state index contributed by atoms with van der Waals surface area (Å²) in [6.07, 6.45) is 23.5. The van der Waals surface area contributed by atoms with Gasteiger partial charge >= 0.3 is 0 Å². The maximum Gasteiger partial charge on any atom is 0.0512 e. The van der Waals surface area contributed by atoms with E-state index >= 15 is 0 Å². The minimum absolute atomic E-state index is 0.100. The topological polar surface area (TPSA) is 40.5 Å². The van der Waals surface area contributed by atoms with Crippen molar-refractivity contribution < 1.29 is 10.2 Å². The van der Waals surface area contributed by atoms with E-state index in [0.29, 0.717) is 0 Å². The van der Waals surface area contributed by atoms with Crippen LogP contribution in [0.2, 0.25) is 0 Å². The first-order valence-corrected chi connectivity index (χ1v) is 11.0. The van der Waals surface area contributed by atoms with Crippen molar-refractivity contribution in [1.29, 1.82) is 0 Å². The Labute approximate surface area is 153 Å². The Hall–Kier alpha value is -0.0800. The molecular weight excluding hydrogens is 296 g/mol. The molecule has 0 saturated heterocycles. The first kappa shape index (κ1) is 26.2. The lowest BCUT2D eigenvalue weighted by atomic mass is 10.0. The summed E-state index contributed by atoms with van der Waals surface area (Å²) in [7, 11) is 0. The SMILES string of the molecule is CCCCCCCCCCCCCCCCCCC(C)O.CCO. The Morgan fingerprint density at radius 3 is 1.04 bits per heavy atom. The third-order valence-electron chi connectivity index (χ3n) is 4.48. The highest BCUT2D eigenvalue weighted by Gasteiger charge is 1.96. The highest BCUT2D eigenvalue weighted by Crippen LogP contribution is 2.14. The summed E-state index contributed by atoms with van der Waals surface area (Å²) in [5, 5.41) is 16.7. The molecule has 148 valence electrons. The molecule has 24 heavy (non-hydrogen) atoms. The molecule has 0 radical (unpaired) electrons. The minimum Gasteiger partial charge on any atom is -0.397 e. The van der Waals surface area contributed by atoms with Crippen molar-refractivity contribution in [2.75, 3.05) is 6.61 Å². The lowest BCUT2D eigenvalue weighted by Gasteiger charge is -2.04. The summed E-state index contributed by atoms with van der Waals surface area (Å²) in [6.45, 7) is 6.11. The average molecular weight is 345 g/mol. The van der Waals surface area contributed by atoms with Crippen LogP contribution in [-0.2, 0) is 0 Å².